The highest BCUT2D eigenvalue weighted by molar-refractivity contribution is 5.48. The average molecular weight is 490 g/mol. The number of hydrogen-bond acceptors (Lipinski definition) is 4. The molecule has 0 amide bonds. The van der Waals surface area contributed by atoms with Gasteiger partial charge in [-0.3, -0.25) is 4.98 Å². The van der Waals surface area contributed by atoms with Gasteiger partial charge in [0.05, 0.1) is 25.6 Å². The number of nitrogens with zero attached hydrogens (tertiary/aromatic N) is 1. The van der Waals surface area contributed by atoms with E-state index in [9.17, 15) is 0 Å². The molecule has 4 aliphatic carbocycles. The van der Waals surface area contributed by atoms with Gasteiger partial charge in [0.25, 0.3) is 0 Å². The summed E-state index contributed by atoms with van der Waals surface area (Å²) in [6, 6.07) is 33.3. The van der Waals surface area contributed by atoms with Crippen molar-refractivity contribution in [3.63, 3.8) is 0 Å². The molecule has 4 fully saturated rings. The van der Waals surface area contributed by atoms with Crippen LogP contribution in [-0.4, -0.2) is 17.7 Å². The van der Waals surface area contributed by atoms with Crippen molar-refractivity contribution in [2.75, 3.05) is 7.11 Å². The van der Waals surface area contributed by atoms with E-state index < -0.39 is 5.60 Å². The van der Waals surface area contributed by atoms with E-state index in [1.807, 2.05) is 24.3 Å². The Hall–Kier alpha value is -3.63. The smallest absolute Gasteiger partial charge is 0.179 e. The number of pyridine rings is 1. The van der Waals surface area contributed by atoms with E-state index in [1.165, 1.54) is 19.3 Å². The molecule has 4 bridgehead atoms. The normalized spacial score (nSPS) is 25.2. The summed E-state index contributed by atoms with van der Waals surface area (Å²) < 4.78 is 19.3. The summed E-state index contributed by atoms with van der Waals surface area (Å²) in [4.78, 5) is 4.70. The Balaban J connectivity index is 1.26. The molecule has 0 saturated heterocycles. The van der Waals surface area contributed by atoms with Gasteiger partial charge in [0.2, 0.25) is 0 Å². The molecule has 1 aromatic heterocycles. The van der Waals surface area contributed by atoms with E-state index in [4.69, 9.17) is 19.2 Å². The molecule has 0 spiro atoms. The lowest BCUT2D eigenvalue weighted by Crippen LogP contribution is -2.33. The van der Waals surface area contributed by atoms with Crippen LogP contribution >= 0.6 is 0 Å². The van der Waals surface area contributed by atoms with Gasteiger partial charge >= 0.3 is 0 Å². The lowest BCUT2D eigenvalue weighted by Gasteiger charge is -2.36. The van der Waals surface area contributed by atoms with Crippen molar-refractivity contribution < 1.29 is 14.2 Å². The van der Waals surface area contributed by atoms with Crippen molar-refractivity contribution >= 4 is 0 Å². The summed E-state index contributed by atoms with van der Waals surface area (Å²) in [5, 5.41) is 0. The van der Waals surface area contributed by atoms with Crippen LogP contribution in [0.15, 0.2) is 103 Å². The van der Waals surface area contributed by atoms with E-state index in [-0.39, 0.29) is 5.60 Å². The van der Waals surface area contributed by atoms with Crippen molar-refractivity contribution in [3.8, 4) is 11.5 Å². The fourth-order valence-electron chi connectivity index (χ4n) is 7.16. The topological polar surface area (TPSA) is 40.6 Å². The van der Waals surface area contributed by atoms with Crippen molar-refractivity contribution in [2.45, 2.75) is 37.1 Å². The Bertz CT molecular complexity index is 1280. The third-order valence-corrected chi connectivity index (χ3v) is 8.80. The van der Waals surface area contributed by atoms with E-state index in [2.05, 4.69) is 72.8 Å². The minimum absolute atomic E-state index is 0.0271. The quantitative estimate of drug-likeness (QED) is 0.243. The largest absolute Gasteiger partial charge is 0.491 e. The molecule has 4 heteroatoms. The Morgan fingerprint density at radius 1 is 0.784 bits per heavy atom. The van der Waals surface area contributed by atoms with Gasteiger partial charge in [0.15, 0.2) is 11.5 Å². The standard InChI is InChI=1S/C33H31NO3/c1-35-31-21-34-27(19-30(31)37-32-20-23-17-28(32)29(32)18-23)22-36-33(24-11-5-2-6-12-24,25-13-7-3-8-14-25)26-15-9-4-10-16-26/h2-16,19,21,23,28-29H,17-18,20,22H2,1H3. The van der Waals surface area contributed by atoms with Gasteiger partial charge in [-0.05, 0) is 41.9 Å². The molecule has 0 N–H and O–H groups in total. The molecule has 3 aromatic carbocycles. The summed E-state index contributed by atoms with van der Waals surface area (Å²) in [5.41, 5.74) is 3.27. The third kappa shape index (κ3) is 3.58. The molecule has 37 heavy (non-hydrogen) atoms. The molecule has 1 heterocycles. The zero-order chi connectivity index (χ0) is 24.9. The van der Waals surface area contributed by atoms with Crippen LogP contribution in [0, 0.1) is 17.8 Å². The Labute approximate surface area is 218 Å². The molecule has 8 rings (SSSR count). The molecule has 0 aliphatic heterocycles. The van der Waals surface area contributed by atoms with E-state index in [0.29, 0.717) is 12.4 Å². The predicted molar refractivity (Wildman–Crippen MR) is 142 cm³/mol. The number of hydrogen-bond donors (Lipinski definition) is 0. The molecule has 2 unspecified atom stereocenters. The molecular weight excluding hydrogens is 458 g/mol. The zero-order valence-electron chi connectivity index (χ0n) is 21.0. The van der Waals surface area contributed by atoms with Crippen molar-refractivity contribution in [3.05, 3.63) is 126 Å². The van der Waals surface area contributed by atoms with Crippen molar-refractivity contribution in [1.29, 1.82) is 0 Å². The number of methoxy groups -OCH3 is 1. The second-order valence-corrected chi connectivity index (χ2v) is 10.7. The zero-order valence-corrected chi connectivity index (χ0v) is 21.0. The average Bonchev–Trinajstić information content (AvgIpc) is 3.38. The first-order valence-corrected chi connectivity index (χ1v) is 13.3. The minimum Gasteiger partial charge on any atom is -0.491 e. The predicted octanol–water partition coefficient (Wildman–Crippen LogP) is 6.78. The number of aromatic nitrogens is 1. The van der Waals surface area contributed by atoms with Crippen molar-refractivity contribution in [2.24, 2.45) is 17.8 Å². The monoisotopic (exact) mass is 489 g/mol. The van der Waals surface area contributed by atoms with Crippen LogP contribution in [0.3, 0.4) is 0 Å². The summed E-state index contributed by atoms with van der Waals surface area (Å²) in [6.45, 7) is 0.321. The summed E-state index contributed by atoms with van der Waals surface area (Å²) in [5.74, 6) is 3.76. The molecule has 2 atom stereocenters. The molecule has 4 saturated carbocycles. The maximum Gasteiger partial charge on any atom is 0.179 e. The van der Waals surface area contributed by atoms with Gasteiger partial charge < -0.3 is 14.2 Å². The molecule has 186 valence electrons. The molecule has 4 aliphatic rings. The van der Waals surface area contributed by atoms with E-state index in [1.54, 1.807) is 13.3 Å². The van der Waals surface area contributed by atoms with Crippen LogP contribution < -0.4 is 9.47 Å². The summed E-state index contributed by atoms with van der Waals surface area (Å²) in [6.07, 6.45) is 5.60. The van der Waals surface area contributed by atoms with Crippen LogP contribution in [0.2, 0.25) is 0 Å². The van der Waals surface area contributed by atoms with Crippen LogP contribution in [0.25, 0.3) is 0 Å². The van der Waals surface area contributed by atoms with Gasteiger partial charge in [-0.1, -0.05) is 91.0 Å². The SMILES string of the molecule is COc1cnc(COC(c2ccccc2)(c2ccccc2)c2ccccc2)cc1OC12CC3CC1C2C3. The van der Waals surface area contributed by atoms with E-state index in [0.717, 1.165) is 45.9 Å². The first-order chi connectivity index (χ1) is 18.2. The fraction of sp³-hybridized carbons (Fsp3) is 0.303. The van der Waals surface area contributed by atoms with E-state index >= 15 is 0 Å². The lowest BCUT2D eigenvalue weighted by molar-refractivity contribution is -0.00161. The third-order valence-electron chi connectivity index (χ3n) is 8.80. The van der Waals surface area contributed by atoms with Crippen LogP contribution in [-0.2, 0) is 16.9 Å². The van der Waals surface area contributed by atoms with Gasteiger partial charge in [-0.2, -0.15) is 0 Å². The van der Waals surface area contributed by atoms with Crippen LogP contribution in [0.1, 0.15) is 41.6 Å². The van der Waals surface area contributed by atoms with Gasteiger partial charge in [-0.25, -0.2) is 0 Å². The summed E-state index contributed by atoms with van der Waals surface area (Å²) in [7, 11) is 1.68. The highest BCUT2D eigenvalue weighted by atomic mass is 16.5. The Morgan fingerprint density at radius 2 is 1.32 bits per heavy atom. The fourth-order valence-corrected chi connectivity index (χ4v) is 7.16. The lowest BCUT2D eigenvalue weighted by atomic mass is 9.80. The molecule has 4 aromatic rings. The minimum atomic E-state index is -0.792. The number of ether oxygens (including phenoxy) is 3. The molecular formula is C33H31NO3. The van der Waals surface area contributed by atoms with Gasteiger partial charge in [-0.15, -0.1) is 0 Å². The Kier molecular flexibility index (Phi) is 5.33. The second kappa shape index (κ2) is 8.74. The maximum atomic E-state index is 6.98. The van der Waals surface area contributed by atoms with Crippen molar-refractivity contribution in [1.82, 2.24) is 4.98 Å². The van der Waals surface area contributed by atoms with Crippen LogP contribution in [0.5, 0.6) is 11.5 Å². The highest BCUT2D eigenvalue weighted by Crippen LogP contribution is 2.74. The van der Waals surface area contributed by atoms with Gasteiger partial charge in [0, 0.05) is 17.9 Å². The van der Waals surface area contributed by atoms with Gasteiger partial charge in [0.1, 0.15) is 11.2 Å². The highest BCUT2D eigenvalue weighted by Gasteiger charge is 2.77. The maximum absolute atomic E-state index is 6.98. The molecule has 4 nitrogen and oxygen atoms in total. The van der Waals surface area contributed by atoms with Crippen LogP contribution in [0.4, 0.5) is 0 Å². The number of benzene rings is 3. The first-order valence-electron chi connectivity index (χ1n) is 13.3. The second-order valence-electron chi connectivity index (χ2n) is 10.7. The summed E-state index contributed by atoms with van der Waals surface area (Å²) >= 11 is 0. The molecule has 0 radical (unpaired) electrons. The Morgan fingerprint density at radius 3 is 1.78 bits per heavy atom. The number of rotatable bonds is 9. The first kappa shape index (κ1) is 22.6.